The van der Waals surface area contributed by atoms with Gasteiger partial charge >= 0.3 is 0 Å². The molecule has 230 valence electrons. The first-order chi connectivity index (χ1) is 21.6. The van der Waals surface area contributed by atoms with Crippen LogP contribution in [0.25, 0.3) is 0 Å². The van der Waals surface area contributed by atoms with Crippen molar-refractivity contribution in [3.63, 3.8) is 0 Å². The fourth-order valence-electron chi connectivity index (χ4n) is 4.55. The number of unbranched alkanes of at least 4 members (excludes halogenated alkanes) is 2. The predicted molar refractivity (Wildman–Crippen MR) is 208 cm³/mol. The fraction of sp³-hybridized carbons (Fsp3) is 0.278. The lowest BCUT2D eigenvalue weighted by Crippen LogP contribution is -2.26. The number of thiocarbonyl (C=S) groups is 2. The SMILES string of the molecule is CCCCCC(SSC(=S)N(Cc1ccccc1)Cc1ccccc1)SSC(=S)N(Cc1ccccc1)Cc1ccccc1. The lowest BCUT2D eigenvalue weighted by Gasteiger charge is -2.27. The molecule has 0 aliphatic heterocycles. The lowest BCUT2D eigenvalue weighted by atomic mass is 10.2. The normalized spacial score (nSPS) is 11.0. The van der Waals surface area contributed by atoms with E-state index in [0.29, 0.717) is 4.58 Å². The summed E-state index contributed by atoms with van der Waals surface area (Å²) in [5.41, 5.74) is 5.07. The standard InChI is InChI=1S/C36H40N2S6/c1-2-3-8-25-34(41-43-35(39)37(26-30-17-9-4-10-18-30)27-31-19-11-5-12-20-31)42-44-36(40)38(28-32-21-13-6-14-22-32)29-33-23-15-7-16-24-33/h4-7,9-24,34H,2-3,8,25-29H2,1H3. The minimum absolute atomic E-state index is 0.373. The van der Waals surface area contributed by atoms with E-state index in [2.05, 4.69) is 138 Å². The lowest BCUT2D eigenvalue weighted by molar-refractivity contribution is 0.421. The van der Waals surface area contributed by atoms with Crippen molar-refractivity contribution in [3.8, 4) is 0 Å². The van der Waals surface area contributed by atoms with Crippen LogP contribution in [0, 0.1) is 0 Å². The Bertz CT molecular complexity index is 1190. The largest absolute Gasteiger partial charge is 0.348 e. The molecule has 2 nitrogen and oxygen atoms in total. The predicted octanol–water partition coefficient (Wildman–Crippen LogP) is 11.6. The summed E-state index contributed by atoms with van der Waals surface area (Å²) in [6.45, 7) is 5.44. The Morgan fingerprint density at radius 1 is 0.523 bits per heavy atom. The molecule has 0 N–H and O–H groups in total. The Morgan fingerprint density at radius 2 is 0.841 bits per heavy atom. The second-order valence-electron chi connectivity index (χ2n) is 10.5. The molecule has 4 aromatic rings. The quantitative estimate of drug-likeness (QED) is 0.0489. The van der Waals surface area contributed by atoms with Crippen molar-refractivity contribution in [2.45, 2.75) is 63.4 Å². The molecule has 0 amide bonds. The molecule has 0 unspecified atom stereocenters. The zero-order valence-corrected chi connectivity index (χ0v) is 30.0. The fourth-order valence-corrected chi connectivity index (χ4v) is 11.2. The van der Waals surface area contributed by atoms with Gasteiger partial charge in [-0.3, -0.25) is 0 Å². The Kier molecular flexibility index (Phi) is 16.1. The van der Waals surface area contributed by atoms with E-state index in [-0.39, 0.29) is 0 Å². The van der Waals surface area contributed by atoms with Crippen molar-refractivity contribution in [1.29, 1.82) is 0 Å². The summed E-state index contributed by atoms with van der Waals surface area (Å²) in [5, 5.41) is 0. The van der Waals surface area contributed by atoms with E-state index in [9.17, 15) is 0 Å². The molecule has 0 aromatic heterocycles. The van der Waals surface area contributed by atoms with E-state index in [1.165, 1.54) is 41.5 Å². The molecule has 0 bridgehead atoms. The van der Waals surface area contributed by atoms with Crippen LogP contribution in [0.3, 0.4) is 0 Å². The molecule has 0 saturated carbocycles. The number of hydrogen-bond donors (Lipinski definition) is 0. The summed E-state index contributed by atoms with van der Waals surface area (Å²) in [7, 11) is 7.25. The van der Waals surface area contributed by atoms with E-state index in [1.807, 2.05) is 21.6 Å². The minimum Gasteiger partial charge on any atom is -0.348 e. The highest BCUT2D eigenvalue weighted by atomic mass is 33.1. The second-order valence-corrected chi connectivity index (χ2v) is 16.8. The van der Waals surface area contributed by atoms with Gasteiger partial charge in [0.15, 0.2) is 0 Å². The monoisotopic (exact) mass is 692 g/mol. The Balaban J connectivity index is 1.40. The highest BCUT2D eigenvalue weighted by Crippen LogP contribution is 2.44. The topological polar surface area (TPSA) is 6.48 Å². The Morgan fingerprint density at radius 3 is 1.14 bits per heavy atom. The average Bonchev–Trinajstić information content (AvgIpc) is 3.07. The third kappa shape index (κ3) is 12.8. The van der Waals surface area contributed by atoms with Crippen LogP contribution in [0.2, 0.25) is 0 Å². The van der Waals surface area contributed by atoms with Gasteiger partial charge in [0, 0.05) is 26.2 Å². The van der Waals surface area contributed by atoms with Crippen LogP contribution in [-0.4, -0.2) is 23.0 Å². The van der Waals surface area contributed by atoms with Gasteiger partial charge < -0.3 is 9.80 Å². The van der Waals surface area contributed by atoms with Crippen molar-refractivity contribution in [3.05, 3.63) is 144 Å². The molecular weight excluding hydrogens is 653 g/mol. The van der Waals surface area contributed by atoms with Crippen LogP contribution in [0.1, 0.15) is 54.9 Å². The van der Waals surface area contributed by atoms with Gasteiger partial charge in [0.1, 0.15) is 8.64 Å². The molecular formula is C36H40N2S6. The van der Waals surface area contributed by atoms with Crippen LogP contribution < -0.4 is 0 Å². The first kappa shape index (κ1) is 34.9. The maximum absolute atomic E-state index is 6.07. The smallest absolute Gasteiger partial charge is 0.147 e. The van der Waals surface area contributed by atoms with E-state index < -0.39 is 0 Å². The van der Waals surface area contributed by atoms with Crippen molar-refractivity contribution < 1.29 is 0 Å². The van der Waals surface area contributed by atoms with E-state index in [4.69, 9.17) is 24.4 Å². The van der Waals surface area contributed by atoms with Gasteiger partial charge in [0.25, 0.3) is 0 Å². The van der Waals surface area contributed by atoms with Gasteiger partial charge in [-0.1, -0.05) is 194 Å². The second kappa shape index (κ2) is 20.2. The molecule has 4 aromatic carbocycles. The molecule has 44 heavy (non-hydrogen) atoms. The zero-order valence-electron chi connectivity index (χ0n) is 25.1. The average molecular weight is 693 g/mol. The summed E-state index contributed by atoms with van der Waals surface area (Å²) in [5.74, 6) is 0. The molecule has 0 saturated heterocycles. The highest BCUT2D eigenvalue weighted by molar-refractivity contribution is 8.91. The molecule has 0 heterocycles. The zero-order chi connectivity index (χ0) is 30.8. The molecule has 4 rings (SSSR count). The first-order valence-corrected chi connectivity index (χ1v) is 20.2. The third-order valence-corrected chi connectivity index (χ3v) is 14.6. The summed E-state index contributed by atoms with van der Waals surface area (Å²) in [6.07, 6.45) is 4.79. The highest BCUT2D eigenvalue weighted by Gasteiger charge is 2.20. The van der Waals surface area contributed by atoms with Crippen LogP contribution in [0.5, 0.6) is 0 Å². The number of nitrogens with zero attached hydrogens (tertiary/aromatic N) is 2. The molecule has 8 heteroatoms. The van der Waals surface area contributed by atoms with Gasteiger partial charge in [0.2, 0.25) is 0 Å². The maximum Gasteiger partial charge on any atom is 0.147 e. The van der Waals surface area contributed by atoms with E-state index in [1.54, 1.807) is 21.6 Å². The molecule has 0 atom stereocenters. The summed E-state index contributed by atoms with van der Waals surface area (Å²) < 4.78 is 2.22. The van der Waals surface area contributed by atoms with Crippen LogP contribution in [0.4, 0.5) is 0 Å². The Hall–Kier alpha value is -1.94. The summed E-state index contributed by atoms with van der Waals surface area (Å²) >= 11 is 12.1. The van der Waals surface area contributed by atoms with Gasteiger partial charge in [-0.2, -0.15) is 0 Å². The van der Waals surface area contributed by atoms with Gasteiger partial charge in [-0.25, -0.2) is 0 Å². The van der Waals surface area contributed by atoms with Crippen molar-refractivity contribution in [2.75, 3.05) is 0 Å². The van der Waals surface area contributed by atoms with Crippen molar-refractivity contribution in [1.82, 2.24) is 9.80 Å². The van der Waals surface area contributed by atoms with Crippen LogP contribution >= 0.6 is 67.6 Å². The van der Waals surface area contributed by atoms with E-state index in [0.717, 1.165) is 41.2 Å². The third-order valence-electron chi connectivity index (χ3n) is 6.88. The molecule has 0 spiro atoms. The number of benzene rings is 4. The molecule has 0 aliphatic carbocycles. The molecule has 0 fully saturated rings. The number of hydrogen-bond acceptors (Lipinski definition) is 6. The maximum atomic E-state index is 6.07. The molecule has 0 aliphatic rings. The summed E-state index contributed by atoms with van der Waals surface area (Å²) in [6, 6.07) is 42.5. The van der Waals surface area contributed by atoms with Gasteiger partial charge in [-0.15, -0.1) is 0 Å². The van der Waals surface area contributed by atoms with Crippen LogP contribution in [0.15, 0.2) is 121 Å². The van der Waals surface area contributed by atoms with E-state index >= 15 is 0 Å². The Labute approximate surface area is 291 Å². The first-order valence-electron chi connectivity index (χ1n) is 15.0. The van der Waals surface area contributed by atoms with Crippen molar-refractivity contribution in [2.24, 2.45) is 0 Å². The van der Waals surface area contributed by atoms with Crippen LogP contribution in [-0.2, 0) is 26.2 Å². The van der Waals surface area contributed by atoms with Gasteiger partial charge in [0.05, 0.1) is 4.58 Å². The molecule has 0 radical (unpaired) electrons. The van der Waals surface area contributed by atoms with Crippen molar-refractivity contribution >= 4 is 76.3 Å². The number of rotatable bonds is 16. The minimum atomic E-state index is 0.373. The van der Waals surface area contributed by atoms with Gasteiger partial charge in [-0.05, 0) is 50.3 Å². The summed E-state index contributed by atoms with van der Waals surface area (Å²) in [4.78, 5) is 4.65.